The molecule has 7 heteroatoms. The Morgan fingerprint density at radius 3 is 2.80 bits per heavy atom. The molecule has 7 nitrogen and oxygen atoms in total. The number of ether oxygens (including phenoxy) is 1. The van der Waals surface area contributed by atoms with Crippen LogP contribution in [0.1, 0.15) is 42.9 Å². The topological polar surface area (TPSA) is 96.1 Å². The zero-order chi connectivity index (χ0) is 21.3. The molecule has 1 aromatic carbocycles. The van der Waals surface area contributed by atoms with E-state index in [-0.39, 0.29) is 23.8 Å². The van der Waals surface area contributed by atoms with E-state index in [0.29, 0.717) is 12.2 Å². The third-order valence-electron chi connectivity index (χ3n) is 5.67. The van der Waals surface area contributed by atoms with Gasteiger partial charge in [0.25, 0.3) is 5.91 Å². The number of carbonyl (C=O) groups is 2. The van der Waals surface area contributed by atoms with Gasteiger partial charge in [0.15, 0.2) is 0 Å². The fourth-order valence-electron chi connectivity index (χ4n) is 4.00. The molecule has 0 radical (unpaired) electrons. The standard InChI is InChI=1S/C23H28N4O3/c1-13(2)20(23(29)24-12-15-7-6-10-30-15)27-22(28)19-11-17-16-8-4-5-9-18(16)26-21(17)14(3)25-19/h4-5,8-9,11,13,15,20,26H,6-7,10,12H2,1-3H3,(H,24,29)(H,27,28). The molecular formula is C23H28N4O3. The molecule has 2 unspecified atom stereocenters. The van der Waals surface area contributed by atoms with E-state index in [0.717, 1.165) is 46.9 Å². The minimum Gasteiger partial charge on any atom is -0.376 e. The zero-order valence-electron chi connectivity index (χ0n) is 17.6. The highest BCUT2D eigenvalue weighted by Gasteiger charge is 2.27. The number of nitrogens with one attached hydrogen (secondary N) is 3. The number of amides is 2. The summed E-state index contributed by atoms with van der Waals surface area (Å²) in [4.78, 5) is 33.5. The van der Waals surface area contributed by atoms with Crippen LogP contribution in [0.5, 0.6) is 0 Å². The summed E-state index contributed by atoms with van der Waals surface area (Å²) in [5.74, 6) is -0.605. The maximum atomic E-state index is 13.0. The number of hydrogen-bond donors (Lipinski definition) is 3. The van der Waals surface area contributed by atoms with Crippen molar-refractivity contribution in [3.63, 3.8) is 0 Å². The molecule has 4 rings (SSSR count). The summed E-state index contributed by atoms with van der Waals surface area (Å²) in [6, 6.07) is 9.11. The van der Waals surface area contributed by atoms with Gasteiger partial charge < -0.3 is 20.4 Å². The fourth-order valence-corrected chi connectivity index (χ4v) is 4.00. The highest BCUT2D eigenvalue weighted by atomic mass is 16.5. The van der Waals surface area contributed by atoms with Gasteiger partial charge >= 0.3 is 0 Å². The van der Waals surface area contributed by atoms with E-state index in [2.05, 4.69) is 20.6 Å². The Balaban J connectivity index is 1.54. The summed E-state index contributed by atoms with van der Waals surface area (Å²) >= 11 is 0. The maximum absolute atomic E-state index is 13.0. The molecule has 158 valence electrons. The molecule has 3 heterocycles. The summed E-state index contributed by atoms with van der Waals surface area (Å²) < 4.78 is 5.56. The predicted octanol–water partition coefficient (Wildman–Crippen LogP) is 3.07. The van der Waals surface area contributed by atoms with E-state index in [1.54, 1.807) is 6.07 Å². The molecule has 3 aromatic rings. The number of H-pyrrole nitrogens is 1. The van der Waals surface area contributed by atoms with Crippen molar-refractivity contribution < 1.29 is 14.3 Å². The summed E-state index contributed by atoms with van der Waals surface area (Å²) in [7, 11) is 0. The van der Waals surface area contributed by atoms with E-state index in [9.17, 15) is 9.59 Å². The number of nitrogens with zero attached hydrogens (tertiary/aromatic N) is 1. The highest BCUT2D eigenvalue weighted by molar-refractivity contribution is 6.10. The van der Waals surface area contributed by atoms with Crippen molar-refractivity contribution in [1.29, 1.82) is 0 Å². The van der Waals surface area contributed by atoms with Crippen molar-refractivity contribution in [3.8, 4) is 0 Å². The SMILES string of the molecule is Cc1nc(C(=O)NC(C(=O)NCC2CCCO2)C(C)C)cc2c1[nH]c1ccccc12. The van der Waals surface area contributed by atoms with Gasteiger partial charge in [-0.3, -0.25) is 9.59 Å². The first-order valence-electron chi connectivity index (χ1n) is 10.5. The molecule has 2 atom stereocenters. The monoisotopic (exact) mass is 408 g/mol. The van der Waals surface area contributed by atoms with Crippen molar-refractivity contribution in [3.05, 3.63) is 41.7 Å². The molecule has 3 N–H and O–H groups in total. The molecular weight excluding hydrogens is 380 g/mol. The summed E-state index contributed by atoms with van der Waals surface area (Å²) in [5.41, 5.74) is 2.98. The largest absolute Gasteiger partial charge is 0.376 e. The highest BCUT2D eigenvalue weighted by Crippen LogP contribution is 2.27. The molecule has 1 aliphatic rings. The average Bonchev–Trinajstić information content (AvgIpc) is 3.38. The van der Waals surface area contributed by atoms with Gasteiger partial charge in [0.1, 0.15) is 11.7 Å². The van der Waals surface area contributed by atoms with E-state index in [1.807, 2.05) is 45.0 Å². The summed E-state index contributed by atoms with van der Waals surface area (Å²) in [6.07, 6.45) is 2.03. The lowest BCUT2D eigenvalue weighted by Crippen LogP contribution is -2.51. The van der Waals surface area contributed by atoms with Gasteiger partial charge in [-0.05, 0) is 37.8 Å². The van der Waals surface area contributed by atoms with Gasteiger partial charge in [0.05, 0.1) is 17.3 Å². The molecule has 2 aromatic heterocycles. The molecule has 0 bridgehead atoms. The zero-order valence-corrected chi connectivity index (χ0v) is 17.6. The number of aryl methyl sites for hydroxylation is 1. The lowest BCUT2D eigenvalue weighted by atomic mass is 10.0. The number of aromatic amines is 1. The second-order valence-corrected chi connectivity index (χ2v) is 8.26. The molecule has 0 saturated carbocycles. The quantitative estimate of drug-likeness (QED) is 0.584. The fraction of sp³-hybridized carbons (Fsp3) is 0.435. The number of para-hydroxylation sites is 1. The molecule has 1 fully saturated rings. The maximum Gasteiger partial charge on any atom is 0.270 e. The first-order chi connectivity index (χ1) is 14.4. The van der Waals surface area contributed by atoms with E-state index in [4.69, 9.17) is 4.74 Å². The third-order valence-corrected chi connectivity index (χ3v) is 5.67. The Bertz CT molecular complexity index is 1080. The van der Waals surface area contributed by atoms with Crippen molar-refractivity contribution >= 4 is 33.6 Å². The first kappa shape index (κ1) is 20.3. The minimum absolute atomic E-state index is 0.0589. The smallest absolute Gasteiger partial charge is 0.270 e. The molecule has 0 aliphatic carbocycles. The number of hydrogen-bond acceptors (Lipinski definition) is 4. The number of aromatic nitrogens is 2. The van der Waals surface area contributed by atoms with E-state index in [1.165, 1.54) is 0 Å². The third kappa shape index (κ3) is 4.03. The number of pyridine rings is 1. The van der Waals surface area contributed by atoms with Crippen LogP contribution in [-0.2, 0) is 9.53 Å². The number of rotatable bonds is 6. The van der Waals surface area contributed by atoms with Crippen molar-refractivity contribution in [2.24, 2.45) is 5.92 Å². The first-order valence-corrected chi connectivity index (χ1v) is 10.5. The Hall–Kier alpha value is -2.93. The Morgan fingerprint density at radius 1 is 1.27 bits per heavy atom. The van der Waals surface area contributed by atoms with Crippen LogP contribution >= 0.6 is 0 Å². The Labute approximate surface area is 175 Å². The van der Waals surface area contributed by atoms with Crippen molar-refractivity contribution in [2.45, 2.75) is 45.8 Å². The van der Waals surface area contributed by atoms with Gasteiger partial charge in [-0.25, -0.2) is 4.98 Å². The van der Waals surface area contributed by atoms with Gasteiger partial charge in [0.2, 0.25) is 5.91 Å². The Kier molecular flexibility index (Phi) is 5.72. The number of carbonyl (C=O) groups excluding carboxylic acids is 2. The van der Waals surface area contributed by atoms with Crippen LogP contribution in [0.4, 0.5) is 0 Å². The van der Waals surface area contributed by atoms with Crippen LogP contribution in [0.3, 0.4) is 0 Å². The van der Waals surface area contributed by atoms with Crippen LogP contribution in [0.25, 0.3) is 21.8 Å². The van der Waals surface area contributed by atoms with Crippen LogP contribution in [0, 0.1) is 12.8 Å². The average molecular weight is 409 g/mol. The molecule has 30 heavy (non-hydrogen) atoms. The van der Waals surface area contributed by atoms with Gasteiger partial charge in [0, 0.05) is 29.4 Å². The van der Waals surface area contributed by atoms with E-state index < -0.39 is 6.04 Å². The second kappa shape index (κ2) is 8.44. The number of benzene rings is 1. The molecule has 0 spiro atoms. The van der Waals surface area contributed by atoms with Gasteiger partial charge in [-0.2, -0.15) is 0 Å². The van der Waals surface area contributed by atoms with Gasteiger partial charge in [-0.1, -0.05) is 32.0 Å². The van der Waals surface area contributed by atoms with Crippen LogP contribution < -0.4 is 10.6 Å². The van der Waals surface area contributed by atoms with Crippen molar-refractivity contribution in [1.82, 2.24) is 20.6 Å². The van der Waals surface area contributed by atoms with Crippen LogP contribution in [-0.4, -0.2) is 47.1 Å². The van der Waals surface area contributed by atoms with Crippen LogP contribution in [0.2, 0.25) is 0 Å². The minimum atomic E-state index is -0.639. The molecule has 1 saturated heterocycles. The summed E-state index contributed by atoms with van der Waals surface area (Å²) in [6.45, 7) is 6.92. The second-order valence-electron chi connectivity index (χ2n) is 8.26. The predicted molar refractivity (Wildman–Crippen MR) is 116 cm³/mol. The number of fused-ring (bicyclic) bond motifs is 3. The summed E-state index contributed by atoms with van der Waals surface area (Å²) in [5, 5.41) is 7.79. The van der Waals surface area contributed by atoms with Crippen molar-refractivity contribution in [2.75, 3.05) is 13.2 Å². The Morgan fingerprint density at radius 2 is 2.07 bits per heavy atom. The lowest BCUT2D eigenvalue weighted by Gasteiger charge is -2.22. The van der Waals surface area contributed by atoms with Gasteiger partial charge in [-0.15, -0.1) is 0 Å². The molecule has 2 amide bonds. The molecule has 1 aliphatic heterocycles. The van der Waals surface area contributed by atoms with E-state index >= 15 is 0 Å². The normalized spacial score (nSPS) is 17.5. The van der Waals surface area contributed by atoms with Crippen LogP contribution in [0.15, 0.2) is 30.3 Å². The lowest BCUT2D eigenvalue weighted by molar-refractivity contribution is -0.124.